The van der Waals surface area contributed by atoms with Gasteiger partial charge in [-0.05, 0) is 29.3 Å². The molecule has 0 N–H and O–H groups in total. The van der Waals surface area contributed by atoms with Crippen LogP contribution in [0.25, 0.3) is 11.1 Å². The number of benzene rings is 1. The van der Waals surface area contributed by atoms with Crippen LogP contribution in [0.1, 0.15) is 17.6 Å². The van der Waals surface area contributed by atoms with Crippen molar-refractivity contribution >= 4 is 6.41 Å². The first-order valence-electron chi connectivity index (χ1n) is 10.0. The summed E-state index contributed by atoms with van der Waals surface area (Å²) in [6.45, 7) is 4.39. The van der Waals surface area contributed by atoms with Crippen LogP contribution in [0.4, 0.5) is 13.2 Å². The van der Waals surface area contributed by atoms with Gasteiger partial charge in [-0.1, -0.05) is 6.07 Å². The molecule has 3 rings (SSSR count). The highest BCUT2D eigenvalue weighted by molar-refractivity contribution is 5.64. The number of nitrogens with zero attached hydrogens (tertiary/aromatic N) is 3. The second-order valence-electron chi connectivity index (χ2n) is 7.42. The summed E-state index contributed by atoms with van der Waals surface area (Å²) in [5.74, 6) is -0.944. The third kappa shape index (κ3) is 6.49. The summed E-state index contributed by atoms with van der Waals surface area (Å²) in [5.41, 5.74) is 1.09. The maximum atomic E-state index is 13.6. The van der Waals surface area contributed by atoms with Crippen LogP contribution >= 0.6 is 0 Å². The number of alkyl halides is 2. The van der Waals surface area contributed by atoms with Gasteiger partial charge >= 0.3 is 0 Å². The minimum absolute atomic E-state index is 0.162. The number of pyridine rings is 1. The number of aromatic nitrogens is 1. The number of morpholine rings is 1. The molecule has 2 heterocycles. The zero-order valence-corrected chi connectivity index (χ0v) is 17.3. The predicted molar refractivity (Wildman–Crippen MR) is 109 cm³/mol. The Morgan fingerprint density at radius 2 is 2.00 bits per heavy atom. The lowest BCUT2D eigenvalue weighted by Gasteiger charge is -2.31. The van der Waals surface area contributed by atoms with Crippen LogP contribution in [0.3, 0.4) is 0 Å². The molecule has 6 nitrogen and oxygen atoms in total. The molecule has 0 saturated carbocycles. The highest BCUT2D eigenvalue weighted by atomic mass is 19.3. The molecule has 1 aromatic heterocycles. The van der Waals surface area contributed by atoms with E-state index in [1.165, 1.54) is 12.3 Å². The Balaban J connectivity index is 1.68. The number of hydrogen-bond acceptors (Lipinski definition) is 5. The fourth-order valence-corrected chi connectivity index (χ4v) is 3.54. The Morgan fingerprint density at radius 1 is 1.23 bits per heavy atom. The van der Waals surface area contributed by atoms with Gasteiger partial charge in [0.15, 0.2) is 0 Å². The standard InChI is InChI=1S/C22H26F3N3O3/c1-30-19(13-27-4-6-31-7-5-27)14-28(15-29)12-16-8-18(11-26-10-16)17-2-3-21(23)20(9-17)22(24)25/h2-3,8-11,15,19,22H,4-7,12-14H2,1H3. The van der Waals surface area contributed by atoms with Crippen LogP contribution in [0.5, 0.6) is 0 Å². The van der Waals surface area contributed by atoms with E-state index in [9.17, 15) is 18.0 Å². The summed E-state index contributed by atoms with van der Waals surface area (Å²) in [4.78, 5) is 19.6. The van der Waals surface area contributed by atoms with E-state index in [1.807, 2.05) is 0 Å². The second kappa shape index (κ2) is 11.2. The molecule has 1 saturated heterocycles. The van der Waals surface area contributed by atoms with E-state index in [-0.39, 0.29) is 12.6 Å². The van der Waals surface area contributed by atoms with E-state index in [1.54, 1.807) is 24.3 Å². The van der Waals surface area contributed by atoms with Crippen molar-refractivity contribution in [2.75, 3.05) is 46.5 Å². The number of rotatable bonds is 10. The first-order chi connectivity index (χ1) is 15.0. The maximum Gasteiger partial charge on any atom is 0.266 e. The second-order valence-corrected chi connectivity index (χ2v) is 7.42. The summed E-state index contributed by atoms with van der Waals surface area (Å²) in [6.07, 6.45) is 0.823. The minimum atomic E-state index is -2.90. The van der Waals surface area contributed by atoms with E-state index < -0.39 is 17.8 Å². The molecular weight excluding hydrogens is 411 g/mol. The first-order valence-corrected chi connectivity index (χ1v) is 10.0. The molecule has 2 aromatic rings. The number of ether oxygens (including phenoxy) is 2. The Bertz CT molecular complexity index is 863. The summed E-state index contributed by atoms with van der Waals surface area (Å²) >= 11 is 0. The van der Waals surface area contributed by atoms with E-state index in [0.29, 0.717) is 37.4 Å². The summed E-state index contributed by atoms with van der Waals surface area (Å²) in [6, 6.07) is 5.34. The van der Waals surface area contributed by atoms with Gasteiger partial charge in [0.1, 0.15) is 5.82 Å². The largest absolute Gasteiger partial charge is 0.379 e. The van der Waals surface area contributed by atoms with Crippen molar-refractivity contribution in [2.24, 2.45) is 0 Å². The van der Waals surface area contributed by atoms with Gasteiger partial charge in [0.05, 0.1) is 24.9 Å². The lowest BCUT2D eigenvalue weighted by Crippen LogP contribution is -2.45. The number of amides is 1. The van der Waals surface area contributed by atoms with Gasteiger partial charge in [0.25, 0.3) is 6.43 Å². The lowest BCUT2D eigenvalue weighted by atomic mass is 10.0. The monoisotopic (exact) mass is 437 g/mol. The van der Waals surface area contributed by atoms with Gasteiger partial charge in [-0.25, -0.2) is 13.2 Å². The van der Waals surface area contributed by atoms with Gasteiger partial charge in [-0.3, -0.25) is 14.7 Å². The molecule has 0 radical (unpaired) electrons. The molecule has 1 atom stereocenters. The Kier molecular flexibility index (Phi) is 8.39. The molecule has 1 aromatic carbocycles. The summed E-state index contributed by atoms with van der Waals surface area (Å²) in [5, 5.41) is 0. The van der Waals surface area contributed by atoms with Gasteiger partial charge in [0.2, 0.25) is 6.41 Å². The van der Waals surface area contributed by atoms with Crippen molar-refractivity contribution in [1.82, 2.24) is 14.8 Å². The van der Waals surface area contributed by atoms with Crippen LogP contribution in [-0.2, 0) is 20.8 Å². The molecule has 0 spiro atoms. The van der Waals surface area contributed by atoms with E-state index in [4.69, 9.17) is 9.47 Å². The topological polar surface area (TPSA) is 54.9 Å². The number of halogens is 3. The zero-order valence-electron chi connectivity index (χ0n) is 17.3. The van der Waals surface area contributed by atoms with Gasteiger partial charge in [-0.15, -0.1) is 0 Å². The van der Waals surface area contributed by atoms with Gasteiger partial charge < -0.3 is 14.4 Å². The lowest BCUT2D eigenvalue weighted by molar-refractivity contribution is -0.120. The molecule has 168 valence electrons. The van der Waals surface area contributed by atoms with Crippen LogP contribution in [0, 0.1) is 5.82 Å². The molecule has 0 aliphatic carbocycles. The van der Waals surface area contributed by atoms with Gasteiger partial charge in [-0.2, -0.15) is 0 Å². The van der Waals surface area contributed by atoms with Crippen molar-refractivity contribution < 1.29 is 27.4 Å². The molecule has 9 heteroatoms. The van der Waals surface area contributed by atoms with Crippen LogP contribution < -0.4 is 0 Å². The van der Waals surface area contributed by atoms with E-state index in [0.717, 1.165) is 37.2 Å². The van der Waals surface area contributed by atoms with Crippen molar-refractivity contribution in [2.45, 2.75) is 19.1 Å². The van der Waals surface area contributed by atoms with Crippen molar-refractivity contribution in [3.8, 4) is 11.1 Å². The van der Waals surface area contributed by atoms with Crippen LogP contribution in [0.2, 0.25) is 0 Å². The third-order valence-electron chi connectivity index (χ3n) is 5.23. The molecular formula is C22H26F3N3O3. The smallest absolute Gasteiger partial charge is 0.266 e. The number of methoxy groups -OCH3 is 1. The highest BCUT2D eigenvalue weighted by Crippen LogP contribution is 2.28. The predicted octanol–water partition coefficient (Wildman–Crippen LogP) is 3.13. The molecule has 1 aliphatic heterocycles. The zero-order chi connectivity index (χ0) is 22.2. The fraction of sp³-hybridized carbons (Fsp3) is 0.455. The molecule has 1 fully saturated rings. The van der Waals surface area contributed by atoms with Crippen LogP contribution in [-0.4, -0.2) is 73.8 Å². The van der Waals surface area contributed by atoms with E-state index >= 15 is 0 Å². The van der Waals surface area contributed by atoms with Crippen molar-refractivity contribution in [3.63, 3.8) is 0 Å². The highest BCUT2D eigenvalue weighted by Gasteiger charge is 2.19. The average molecular weight is 437 g/mol. The average Bonchev–Trinajstić information content (AvgIpc) is 2.79. The molecule has 1 amide bonds. The Hall–Kier alpha value is -2.49. The normalized spacial score (nSPS) is 15.8. The molecule has 0 bridgehead atoms. The first kappa shape index (κ1) is 23.2. The van der Waals surface area contributed by atoms with Crippen molar-refractivity contribution in [3.05, 3.63) is 53.6 Å². The molecule has 1 aliphatic rings. The van der Waals surface area contributed by atoms with E-state index in [2.05, 4.69) is 9.88 Å². The summed E-state index contributed by atoms with van der Waals surface area (Å²) in [7, 11) is 1.62. The van der Waals surface area contributed by atoms with Crippen molar-refractivity contribution in [1.29, 1.82) is 0 Å². The molecule has 1 unspecified atom stereocenters. The fourth-order valence-electron chi connectivity index (χ4n) is 3.54. The minimum Gasteiger partial charge on any atom is -0.379 e. The molecule has 31 heavy (non-hydrogen) atoms. The number of carbonyl (C=O) groups excluding carboxylic acids is 1. The SMILES string of the molecule is COC(CN(C=O)Cc1cncc(-c2ccc(F)c(C(F)F)c2)c1)CN1CCOCC1. The Labute approximate surface area is 179 Å². The Morgan fingerprint density at radius 3 is 2.68 bits per heavy atom. The quantitative estimate of drug-likeness (QED) is 0.535. The van der Waals surface area contributed by atoms with Crippen LogP contribution in [0.15, 0.2) is 36.7 Å². The number of hydrogen-bond donors (Lipinski definition) is 0. The number of carbonyl (C=O) groups is 1. The van der Waals surface area contributed by atoms with Gasteiger partial charge in [0, 0.05) is 57.8 Å². The summed E-state index contributed by atoms with van der Waals surface area (Å²) < 4.78 is 50.5. The maximum absolute atomic E-state index is 13.6. The third-order valence-corrected chi connectivity index (χ3v) is 5.23.